The topological polar surface area (TPSA) is 26.7 Å². The van der Waals surface area contributed by atoms with Gasteiger partial charge in [0.15, 0.2) is 0 Å². The van der Waals surface area contributed by atoms with E-state index in [-0.39, 0.29) is 24.8 Å². The summed E-state index contributed by atoms with van der Waals surface area (Å²) >= 11 is 0. The maximum absolute atomic E-state index is 11.4. The Morgan fingerprint density at radius 3 is 2.23 bits per heavy atom. The molecular weight excluding hydrogens is 367 g/mol. The van der Waals surface area contributed by atoms with Crippen molar-refractivity contribution in [2.75, 3.05) is 39.8 Å². The first-order valence-corrected chi connectivity index (χ1v) is 9.33. The Balaban J connectivity index is 0.00000169. The van der Waals surface area contributed by atoms with Crippen LogP contribution in [0.1, 0.15) is 37.7 Å². The van der Waals surface area contributed by atoms with E-state index in [2.05, 4.69) is 40.8 Å². The smallest absolute Gasteiger partial charge is 0.103 e. The standard InChI is InChI=1S/C21H30N2O.2ClH/c1-22-15-17-23(18-16-22)14-8-7-13-21(24,20-11-5-6-12-20)19-9-3-2-4-10-19;;/h2-4,9-10,20,24H,5-6,11-18H2,1H3;2*1H. The fourth-order valence-electron chi connectivity index (χ4n) is 3.98. The largest absolute Gasteiger partial charge is 0.384 e. The molecule has 1 aromatic carbocycles. The maximum Gasteiger partial charge on any atom is 0.103 e. The average Bonchev–Trinajstić information content (AvgIpc) is 3.16. The van der Waals surface area contributed by atoms with Crippen LogP contribution in [-0.4, -0.2) is 54.7 Å². The SMILES string of the molecule is CN1CCN(CC#CCC(O)(c2ccccc2)C2CCCC2)CC1.Cl.Cl. The minimum Gasteiger partial charge on any atom is -0.384 e. The lowest BCUT2D eigenvalue weighted by Gasteiger charge is -2.33. The van der Waals surface area contributed by atoms with Crippen LogP contribution in [0.5, 0.6) is 0 Å². The van der Waals surface area contributed by atoms with Crippen LogP contribution in [-0.2, 0) is 5.60 Å². The van der Waals surface area contributed by atoms with E-state index < -0.39 is 5.60 Å². The van der Waals surface area contributed by atoms with Gasteiger partial charge in [0.2, 0.25) is 0 Å². The zero-order valence-electron chi connectivity index (χ0n) is 15.7. The number of benzene rings is 1. The number of rotatable bonds is 4. The van der Waals surface area contributed by atoms with Crippen LogP contribution < -0.4 is 0 Å². The predicted octanol–water partition coefficient (Wildman–Crippen LogP) is 3.55. The van der Waals surface area contributed by atoms with E-state index in [9.17, 15) is 5.11 Å². The van der Waals surface area contributed by atoms with E-state index in [1.807, 2.05) is 18.2 Å². The zero-order valence-corrected chi connectivity index (χ0v) is 17.3. The van der Waals surface area contributed by atoms with Crippen LogP contribution >= 0.6 is 24.8 Å². The molecule has 1 atom stereocenters. The molecule has 2 fully saturated rings. The van der Waals surface area contributed by atoms with Crippen LogP contribution in [0, 0.1) is 17.8 Å². The average molecular weight is 399 g/mol. The number of hydrogen-bond acceptors (Lipinski definition) is 3. The van der Waals surface area contributed by atoms with E-state index in [1.165, 1.54) is 12.8 Å². The van der Waals surface area contributed by atoms with Crippen molar-refractivity contribution in [2.45, 2.75) is 37.7 Å². The molecule has 0 aromatic heterocycles. The quantitative estimate of drug-likeness (QED) is 0.785. The van der Waals surface area contributed by atoms with E-state index in [0.717, 1.165) is 51.1 Å². The van der Waals surface area contributed by atoms with Crippen LogP contribution in [0.2, 0.25) is 0 Å². The van der Waals surface area contributed by atoms with E-state index in [0.29, 0.717) is 12.3 Å². The van der Waals surface area contributed by atoms with Crippen molar-refractivity contribution in [3.63, 3.8) is 0 Å². The second-order valence-corrected chi connectivity index (χ2v) is 7.38. The zero-order chi connectivity index (χ0) is 16.8. The van der Waals surface area contributed by atoms with Gasteiger partial charge in [-0.25, -0.2) is 0 Å². The molecular formula is C21H32Cl2N2O. The van der Waals surface area contributed by atoms with Crippen LogP contribution in [0.4, 0.5) is 0 Å². The number of aliphatic hydroxyl groups is 1. The molecule has 5 heteroatoms. The summed E-state index contributed by atoms with van der Waals surface area (Å²) in [6.07, 6.45) is 5.25. The normalized spacial score (nSPS) is 21.0. The van der Waals surface area contributed by atoms with E-state index in [4.69, 9.17) is 0 Å². The molecule has 1 aromatic rings. The van der Waals surface area contributed by atoms with E-state index >= 15 is 0 Å². The van der Waals surface area contributed by atoms with Crippen molar-refractivity contribution in [3.8, 4) is 11.8 Å². The summed E-state index contributed by atoms with van der Waals surface area (Å²) in [5.74, 6) is 6.97. The Morgan fingerprint density at radius 2 is 1.62 bits per heavy atom. The molecule has 0 bridgehead atoms. The fraction of sp³-hybridized carbons (Fsp3) is 0.619. The lowest BCUT2D eigenvalue weighted by molar-refractivity contribution is -0.0173. The molecule has 1 saturated carbocycles. The maximum atomic E-state index is 11.4. The lowest BCUT2D eigenvalue weighted by Crippen LogP contribution is -2.44. The molecule has 146 valence electrons. The molecule has 0 radical (unpaired) electrons. The van der Waals surface area contributed by atoms with Crippen molar-refractivity contribution in [3.05, 3.63) is 35.9 Å². The highest BCUT2D eigenvalue weighted by Gasteiger charge is 2.39. The Kier molecular flexibility index (Phi) is 10.00. The third-order valence-corrected chi connectivity index (χ3v) is 5.69. The van der Waals surface area contributed by atoms with Gasteiger partial charge in [0, 0.05) is 32.6 Å². The highest BCUT2D eigenvalue weighted by molar-refractivity contribution is 5.85. The molecule has 2 aliphatic rings. The summed E-state index contributed by atoms with van der Waals surface area (Å²) in [7, 11) is 2.17. The third-order valence-electron chi connectivity index (χ3n) is 5.69. The summed E-state index contributed by atoms with van der Waals surface area (Å²) in [5, 5.41) is 11.4. The third kappa shape index (κ3) is 5.87. The molecule has 1 unspecified atom stereocenters. The first-order chi connectivity index (χ1) is 11.7. The molecule has 1 N–H and O–H groups in total. The van der Waals surface area contributed by atoms with Crippen LogP contribution in [0.25, 0.3) is 0 Å². The molecule has 26 heavy (non-hydrogen) atoms. The summed E-state index contributed by atoms with van der Waals surface area (Å²) in [4.78, 5) is 4.77. The number of hydrogen-bond donors (Lipinski definition) is 1. The van der Waals surface area contributed by atoms with Gasteiger partial charge < -0.3 is 10.0 Å². The Hall–Kier alpha value is -0.760. The molecule has 3 nitrogen and oxygen atoms in total. The molecule has 1 heterocycles. The van der Waals surface area contributed by atoms with Crippen molar-refractivity contribution >= 4 is 24.8 Å². The van der Waals surface area contributed by atoms with E-state index in [1.54, 1.807) is 0 Å². The molecule has 0 spiro atoms. The molecule has 0 amide bonds. The lowest BCUT2D eigenvalue weighted by atomic mass is 9.78. The van der Waals surface area contributed by atoms with Crippen molar-refractivity contribution < 1.29 is 5.11 Å². The van der Waals surface area contributed by atoms with Gasteiger partial charge >= 0.3 is 0 Å². The minimum atomic E-state index is -0.785. The summed E-state index contributed by atoms with van der Waals surface area (Å²) in [6, 6.07) is 10.2. The monoisotopic (exact) mass is 398 g/mol. The van der Waals surface area contributed by atoms with Gasteiger partial charge in [0.25, 0.3) is 0 Å². The summed E-state index contributed by atoms with van der Waals surface area (Å²) < 4.78 is 0. The van der Waals surface area contributed by atoms with Gasteiger partial charge in [-0.05, 0) is 31.4 Å². The van der Waals surface area contributed by atoms with Crippen LogP contribution in [0.3, 0.4) is 0 Å². The Labute approximate surface area is 171 Å². The van der Waals surface area contributed by atoms with Gasteiger partial charge in [-0.2, -0.15) is 0 Å². The summed E-state index contributed by atoms with van der Waals surface area (Å²) in [5.41, 5.74) is 0.248. The van der Waals surface area contributed by atoms with Crippen molar-refractivity contribution in [1.29, 1.82) is 0 Å². The molecule has 1 saturated heterocycles. The molecule has 3 rings (SSSR count). The first-order valence-electron chi connectivity index (χ1n) is 9.33. The van der Waals surface area contributed by atoms with Crippen molar-refractivity contribution in [2.24, 2.45) is 5.92 Å². The van der Waals surface area contributed by atoms with Gasteiger partial charge in [0.1, 0.15) is 5.60 Å². The highest BCUT2D eigenvalue weighted by Crippen LogP contribution is 2.42. The van der Waals surface area contributed by atoms with Crippen molar-refractivity contribution in [1.82, 2.24) is 9.80 Å². The Bertz CT molecular complexity index is 573. The number of nitrogens with zero attached hydrogens (tertiary/aromatic N) is 2. The number of likely N-dealkylation sites (N-methyl/N-ethyl adjacent to an activating group) is 1. The minimum absolute atomic E-state index is 0. The fourth-order valence-corrected chi connectivity index (χ4v) is 3.98. The van der Waals surface area contributed by atoms with Gasteiger partial charge in [-0.1, -0.05) is 55.0 Å². The Morgan fingerprint density at radius 1 is 1.00 bits per heavy atom. The highest BCUT2D eigenvalue weighted by atomic mass is 35.5. The second kappa shape index (κ2) is 11.2. The van der Waals surface area contributed by atoms with Gasteiger partial charge in [-0.15, -0.1) is 24.8 Å². The molecule has 1 aliphatic heterocycles. The summed E-state index contributed by atoms with van der Waals surface area (Å²) in [6.45, 7) is 5.26. The van der Waals surface area contributed by atoms with Gasteiger partial charge in [-0.3, -0.25) is 4.90 Å². The number of halogens is 2. The number of piperazine rings is 1. The first kappa shape index (κ1) is 23.3. The van der Waals surface area contributed by atoms with Crippen LogP contribution in [0.15, 0.2) is 30.3 Å². The predicted molar refractivity (Wildman–Crippen MR) is 113 cm³/mol. The van der Waals surface area contributed by atoms with Gasteiger partial charge in [0.05, 0.1) is 6.54 Å². The molecule has 1 aliphatic carbocycles. The second-order valence-electron chi connectivity index (χ2n) is 7.38.